The lowest BCUT2D eigenvalue weighted by Gasteiger charge is -2.45. The van der Waals surface area contributed by atoms with Gasteiger partial charge in [-0.2, -0.15) is 0 Å². The van der Waals surface area contributed by atoms with Gasteiger partial charge in [-0.25, -0.2) is 0 Å². The molecule has 2 nitrogen and oxygen atoms in total. The second-order valence-electron chi connectivity index (χ2n) is 7.88. The fourth-order valence-electron chi connectivity index (χ4n) is 5.28. The maximum atomic E-state index is 11.3. The Morgan fingerprint density at radius 2 is 1.71 bits per heavy atom. The van der Waals surface area contributed by atoms with Crippen molar-refractivity contribution >= 4 is 0 Å². The molecule has 122 valence electrons. The van der Waals surface area contributed by atoms with Crippen molar-refractivity contribution in [1.82, 2.24) is 0 Å². The van der Waals surface area contributed by atoms with Gasteiger partial charge in [-0.15, -0.1) is 0 Å². The topological polar surface area (TPSA) is 29.5 Å². The van der Waals surface area contributed by atoms with Gasteiger partial charge in [0.25, 0.3) is 0 Å². The molecule has 0 aromatic carbocycles. The van der Waals surface area contributed by atoms with Crippen molar-refractivity contribution in [2.75, 3.05) is 6.61 Å². The quantitative estimate of drug-likeness (QED) is 0.786. The molecular weight excluding hydrogens is 260 g/mol. The molecule has 0 aromatic rings. The first-order valence-corrected chi connectivity index (χ1v) is 9.62. The zero-order valence-corrected chi connectivity index (χ0v) is 13.7. The van der Waals surface area contributed by atoms with Crippen molar-refractivity contribution in [2.24, 2.45) is 11.8 Å². The molecule has 3 rings (SSSR count). The Hall–Kier alpha value is -0.0800. The lowest BCUT2D eigenvalue weighted by Crippen LogP contribution is -2.45. The minimum atomic E-state index is -0.348. The van der Waals surface area contributed by atoms with Gasteiger partial charge in [-0.3, -0.25) is 0 Å². The van der Waals surface area contributed by atoms with Crippen molar-refractivity contribution in [2.45, 2.75) is 102 Å². The SMILES string of the molecule is OC1(CCCC2CCCO2)CCCCC1C1CCCCC1. The van der Waals surface area contributed by atoms with Crippen molar-refractivity contribution in [3.8, 4) is 0 Å². The van der Waals surface area contributed by atoms with Gasteiger partial charge in [0.2, 0.25) is 0 Å². The summed E-state index contributed by atoms with van der Waals surface area (Å²) in [6, 6.07) is 0. The van der Waals surface area contributed by atoms with Crippen LogP contribution in [-0.2, 0) is 4.74 Å². The summed E-state index contributed by atoms with van der Waals surface area (Å²) in [6.07, 6.45) is 18.2. The molecule has 1 aliphatic heterocycles. The highest BCUT2D eigenvalue weighted by atomic mass is 16.5. The molecule has 3 fully saturated rings. The Labute approximate surface area is 130 Å². The van der Waals surface area contributed by atoms with Crippen LogP contribution in [0.3, 0.4) is 0 Å². The summed E-state index contributed by atoms with van der Waals surface area (Å²) in [7, 11) is 0. The first-order chi connectivity index (χ1) is 10.3. The van der Waals surface area contributed by atoms with Crippen LogP contribution in [0.5, 0.6) is 0 Å². The molecule has 0 aromatic heterocycles. The largest absolute Gasteiger partial charge is 0.390 e. The molecule has 2 aliphatic carbocycles. The van der Waals surface area contributed by atoms with E-state index in [0.717, 1.165) is 31.8 Å². The molecule has 1 N–H and O–H groups in total. The molecule has 0 spiro atoms. The van der Waals surface area contributed by atoms with Gasteiger partial charge in [0.15, 0.2) is 0 Å². The van der Waals surface area contributed by atoms with E-state index in [1.165, 1.54) is 70.6 Å². The third-order valence-corrected chi connectivity index (χ3v) is 6.44. The highest BCUT2D eigenvalue weighted by Crippen LogP contribution is 2.46. The molecule has 1 saturated heterocycles. The van der Waals surface area contributed by atoms with E-state index in [-0.39, 0.29) is 5.60 Å². The fourth-order valence-corrected chi connectivity index (χ4v) is 5.28. The normalized spacial score (nSPS) is 38.7. The van der Waals surface area contributed by atoms with Crippen LogP contribution in [0.2, 0.25) is 0 Å². The van der Waals surface area contributed by atoms with E-state index in [1.807, 2.05) is 0 Å². The molecule has 1 heterocycles. The molecule has 0 radical (unpaired) electrons. The second-order valence-corrected chi connectivity index (χ2v) is 7.88. The summed E-state index contributed by atoms with van der Waals surface area (Å²) in [5.74, 6) is 1.41. The Morgan fingerprint density at radius 3 is 2.48 bits per heavy atom. The maximum absolute atomic E-state index is 11.3. The van der Waals surface area contributed by atoms with E-state index in [1.54, 1.807) is 0 Å². The number of rotatable bonds is 5. The van der Waals surface area contributed by atoms with E-state index < -0.39 is 0 Å². The van der Waals surface area contributed by atoms with Crippen LogP contribution < -0.4 is 0 Å². The minimum Gasteiger partial charge on any atom is -0.390 e. The lowest BCUT2D eigenvalue weighted by atomic mass is 9.64. The van der Waals surface area contributed by atoms with Crippen molar-refractivity contribution in [1.29, 1.82) is 0 Å². The summed E-state index contributed by atoms with van der Waals surface area (Å²) in [6.45, 7) is 0.958. The highest BCUT2D eigenvalue weighted by Gasteiger charge is 2.42. The van der Waals surface area contributed by atoms with E-state index >= 15 is 0 Å². The number of aliphatic hydroxyl groups is 1. The Bertz CT molecular complexity index is 305. The average Bonchev–Trinajstić information content (AvgIpc) is 3.02. The zero-order chi connectivity index (χ0) is 14.5. The maximum Gasteiger partial charge on any atom is 0.0678 e. The summed E-state index contributed by atoms with van der Waals surface area (Å²) in [5, 5.41) is 11.3. The van der Waals surface area contributed by atoms with Crippen LogP contribution >= 0.6 is 0 Å². The summed E-state index contributed by atoms with van der Waals surface area (Å²) in [4.78, 5) is 0. The van der Waals surface area contributed by atoms with Crippen molar-refractivity contribution < 1.29 is 9.84 Å². The molecule has 3 atom stereocenters. The molecule has 2 heteroatoms. The number of hydrogen-bond donors (Lipinski definition) is 1. The number of ether oxygens (including phenoxy) is 1. The molecular formula is C19H34O2. The Morgan fingerprint density at radius 1 is 0.905 bits per heavy atom. The van der Waals surface area contributed by atoms with Gasteiger partial charge in [-0.05, 0) is 56.8 Å². The molecule has 3 unspecified atom stereocenters. The first kappa shape index (κ1) is 15.8. The molecule has 3 aliphatic rings. The summed E-state index contributed by atoms with van der Waals surface area (Å²) in [5.41, 5.74) is -0.348. The predicted octanol–water partition coefficient (Wildman–Crippen LogP) is 4.84. The summed E-state index contributed by atoms with van der Waals surface area (Å²) >= 11 is 0. The second kappa shape index (κ2) is 7.46. The smallest absolute Gasteiger partial charge is 0.0678 e. The Balaban J connectivity index is 1.53. The summed E-state index contributed by atoms with van der Waals surface area (Å²) < 4.78 is 5.74. The Kier molecular flexibility index (Phi) is 5.61. The van der Waals surface area contributed by atoms with Crippen LogP contribution in [-0.4, -0.2) is 23.4 Å². The van der Waals surface area contributed by atoms with Gasteiger partial charge in [0, 0.05) is 6.61 Å². The minimum absolute atomic E-state index is 0.348. The zero-order valence-electron chi connectivity index (χ0n) is 13.7. The molecule has 21 heavy (non-hydrogen) atoms. The van der Waals surface area contributed by atoms with Gasteiger partial charge < -0.3 is 9.84 Å². The van der Waals surface area contributed by atoms with Gasteiger partial charge in [-0.1, -0.05) is 44.9 Å². The van der Waals surface area contributed by atoms with Crippen LogP contribution in [0.4, 0.5) is 0 Å². The van der Waals surface area contributed by atoms with Crippen LogP contribution in [0.1, 0.15) is 89.9 Å². The van der Waals surface area contributed by atoms with E-state index in [2.05, 4.69) is 0 Å². The van der Waals surface area contributed by atoms with Gasteiger partial charge >= 0.3 is 0 Å². The number of hydrogen-bond acceptors (Lipinski definition) is 2. The van der Waals surface area contributed by atoms with Crippen molar-refractivity contribution in [3.05, 3.63) is 0 Å². The van der Waals surface area contributed by atoms with E-state index in [4.69, 9.17) is 4.74 Å². The molecule has 0 bridgehead atoms. The monoisotopic (exact) mass is 294 g/mol. The van der Waals surface area contributed by atoms with Crippen LogP contribution in [0, 0.1) is 11.8 Å². The highest BCUT2D eigenvalue weighted by molar-refractivity contribution is 4.94. The average molecular weight is 294 g/mol. The standard InChI is InChI=1S/C19H34O2/c20-19(14-6-10-17-11-7-15-21-17)13-5-4-12-18(19)16-8-2-1-3-9-16/h16-18,20H,1-15H2. The van der Waals surface area contributed by atoms with E-state index in [9.17, 15) is 5.11 Å². The van der Waals surface area contributed by atoms with Gasteiger partial charge in [0.1, 0.15) is 0 Å². The molecule has 0 amide bonds. The van der Waals surface area contributed by atoms with Crippen LogP contribution in [0.15, 0.2) is 0 Å². The molecule has 2 saturated carbocycles. The predicted molar refractivity (Wildman–Crippen MR) is 86.3 cm³/mol. The fraction of sp³-hybridized carbons (Fsp3) is 1.00. The first-order valence-electron chi connectivity index (χ1n) is 9.62. The lowest BCUT2D eigenvalue weighted by molar-refractivity contribution is -0.0854. The van der Waals surface area contributed by atoms with Crippen LogP contribution in [0.25, 0.3) is 0 Å². The van der Waals surface area contributed by atoms with Crippen molar-refractivity contribution in [3.63, 3.8) is 0 Å². The van der Waals surface area contributed by atoms with Gasteiger partial charge in [0.05, 0.1) is 11.7 Å². The third kappa shape index (κ3) is 4.01. The van der Waals surface area contributed by atoms with E-state index in [0.29, 0.717) is 12.0 Å². The third-order valence-electron chi connectivity index (χ3n) is 6.44.